The lowest BCUT2D eigenvalue weighted by Gasteiger charge is -2.13. The zero-order valence-corrected chi connectivity index (χ0v) is 11.3. The Morgan fingerprint density at radius 2 is 1.70 bits per heavy atom. The number of aryl methyl sites for hydroxylation is 1. The molecule has 0 unspecified atom stereocenters. The first kappa shape index (κ1) is 13.7. The number of aromatic hydroxyl groups is 2. The smallest absolute Gasteiger partial charge is 0.256 e. The molecule has 0 aromatic heterocycles. The van der Waals surface area contributed by atoms with Gasteiger partial charge in [-0.15, -0.1) is 0 Å². The number of nitrogens with one attached hydrogen (secondary N) is 1. The Morgan fingerprint density at radius 1 is 1.10 bits per heavy atom. The molecule has 0 bridgehead atoms. The highest BCUT2D eigenvalue weighted by Gasteiger charge is 2.13. The number of carbonyl (C=O) groups excluding carboxylic acids is 1. The summed E-state index contributed by atoms with van der Waals surface area (Å²) in [5.74, 6) is -0.801. The van der Waals surface area contributed by atoms with Gasteiger partial charge in [-0.2, -0.15) is 0 Å². The van der Waals surface area contributed by atoms with E-state index in [0.717, 1.165) is 17.2 Å². The predicted molar refractivity (Wildman–Crippen MR) is 78.1 cm³/mol. The van der Waals surface area contributed by atoms with Crippen LogP contribution in [0.5, 0.6) is 11.5 Å². The lowest BCUT2D eigenvalue weighted by molar-refractivity contribution is 0.102. The minimum absolute atomic E-state index is 0.155. The molecule has 5 N–H and O–H groups in total. The van der Waals surface area contributed by atoms with Crippen LogP contribution < -0.4 is 11.1 Å². The first-order valence-electron chi connectivity index (χ1n) is 6.08. The minimum atomic E-state index is -0.448. The van der Waals surface area contributed by atoms with Gasteiger partial charge in [0, 0.05) is 11.6 Å². The first-order valence-corrected chi connectivity index (χ1v) is 6.08. The molecule has 0 saturated carbocycles. The number of nitrogens with two attached hydrogens (primary N) is 1. The number of phenolic OH excluding ortho intramolecular Hbond substituents is 2. The summed E-state index contributed by atoms with van der Waals surface area (Å²) in [5.41, 5.74) is 8.91. The van der Waals surface area contributed by atoms with Crippen molar-refractivity contribution < 1.29 is 15.0 Å². The summed E-state index contributed by atoms with van der Waals surface area (Å²) in [4.78, 5) is 12.1. The second-order valence-electron chi connectivity index (χ2n) is 4.66. The van der Waals surface area contributed by atoms with E-state index in [1.807, 2.05) is 19.9 Å². The third-order valence-corrected chi connectivity index (χ3v) is 3.17. The lowest BCUT2D eigenvalue weighted by Crippen LogP contribution is -2.14. The average Bonchev–Trinajstić information content (AvgIpc) is 2.38. The quantitative estimate of drug-likeness (QED) is 0.632. The maximum Gasteiger partial charge on any atom is 0.256 e. The third kappa shape index (κ3) is 2.66. The molecule has 0 fully saturated rings. The van der Waals surface area contributed by atoms with Gasteiger partial charge >= 0.3 is 0 Å². The van der Waals surface area contributed by atoms with E-state index in [2.05, 4.69) is 5.32 Å². The maximum absolute atomic E-state index is 12.1. The summed E-state index contributed by atoms with van der Waals surface area (Å²) >= 11 is 0. The van der Waals surface area contributed by atoms with Crippen molar-refractivity contribution in [2.75, 3.05) is 11.1 Å². The summed E-state index contributed by atoms with van der Waals surface area (Å²) in [7, 11) is 0. The fourth-order valence-corrected chi connectivity index (χ4v) is 1.91. The van der Waals surface area contributed by atoms with Gasteiger partial charge in [0.1, 0.15) is 11.5 Å². The van der Waals surface area contributed by atoms with Gasteiger partial charge in [-0.05, 0) is 43.2 Å². The lowest BCUT2D eigenvalue weighted by atomic mass is 10.1. The summed E-state index contributed by atoms with van der Waals surface area (Å²) < 4.78 is 0. The second-order valence-corrected chi connectivity index (χ2v) is 4.66. The Kier molecular flexibility index (Phi) is 3.52. The zero-order chi connectivity index (χ0) is 14.9. The normalized spacial score (nSPS) is 10.3. The zero-order valence-electron chi connectivity index (χ0n) is 11.3. The highest BCUT2D eigenvalue weighted by atomic mass is 16.3. The van der Waals surface area contributed by atoms with Gasteiger partial charge < -0.3 is 21.3 Å². The van der Waals surface area contributed by atoms with Gasteiger partial charge in [0.05, 0.1) is 11.4 Å². The molecule has 0 aliphatic carbocycles. The Hall–Kier alpha value is -2.69. The molecule has 5 heteroatoms. The Labute approximate surface area is 116 Å². The van der Waals surface area contributed by atoms with E-state index in [0.29, 0.717) is 11.4 Å². The molecular formula is C15H16N2O3. The number of carbonyl (C=O) groups is 1. The number of rotatable bonds is 2. The standard InChI is InChI=1S/C15H16N2O3/c1-8-3-4-13(16)14(9(8)2)17-15(20)10-5-11(18)7-12(19)6-10/h3-7,18-19H,16H2,1-2H3,(H,17,20). The van der Waals surface area contributed by atoms with Crippen molar-refractivity contribution in [2.24, 2.45) is 0 Å². The Balaban J connectivity index is 2.35. The number of amides is 1. The van der Waals surface area contributed by atoms with Crippen molar-refractivity contribution in [3.63, 3.8) is 0 Å². The number of benzene rings is 2. The molecule has 104 valence electrons. The minimum Gasteiger partial charge on any atom is -0.508 e. The number of hydrogen-bond donors (Lipinski definition) is 4. The number of hydrogen-bond acceptors (Lipinski definition) is 4. The molecule has 0 atom stereocenters. The van der Waals surface area contributed by atoms with Crippen LogP contribution in [-0.4, -0.2) is 16.1 Å². The third-order valence-electron chi connectivity index (χ3n) is 3.17. The van der Waals surface area contributed by atoms with Gasteiger partial charge in [-0.25, -0.2) is 0 Å². The van der Waals surface area contributed by atoms with Crippen molar-refractivity contribution >= 4 is 17.3 Å². The van der Waals surface area contributed by atoms with Crippen molar-refractivity contribution in [1.82, 2.24) is 0 Å². The van der Waals surface area contributed by atoms with E-state index in [-0.39, 0.29) is 17.1 Å². The van der Waals surface area contributed by atoms with Crippen LogP contribution in [0.4, 0.5) is 11.4 Å². The Bertz CT molecular complexity index is 661. The van der Waals surface area contributed by atoms with Crippen molar-refractivity contribution in [1.29, 1.82) is 0 Å². The van der Waals surface area contributed by atoms with Crippen molar-refractivity contribution in [2.45, 2.75) is 13.8 Å². The molecule has 0 spiro atoms. The molecule has 0 aliphatic heterocycles. The number of anilines is 2. The molecule has 0 radical (unpaired) electrons. The fraction of sp³-hybridized carbons (Fsp3) is 0.133. The van der Waals surface area contributed by atoms with E-state index in [1.54, 1.807) is 6.07 Å². The molecule has 0 heterocycles. The van der Waals surface area contributed by atoms with Crippen LogP contribution in [0.3, 0.4) is 0 Å². The van der Waals surface area contributed by atoms with E-state index >= 15 is 0 Å². The Morgan fingerprint density at radius 3 is 2.30 bits per heavy atom. The number of nitrogen functional groups attached to an aromatic ring is 1. The van der Waals surface area contributed by atoms with E-state index in [1.165, 1.54) is 12.1 Å². The number of phenols is 2. The van der Waals surface area contributed by atoms with Crippen molar-refractivity contribution in [3.8, 4) is 11.5 Å². The van der Waals surface area contributed by atoms with Crippen LogP contribution in [0.25, 0.3) is 0 Å². The molecule has 2 aromatic rings. The van der Waals surface area contributed by atoms with Gasteiger partial charge in [0.2, 0.25) is 0 Å². The summed E-state index contributed by atoms with van der Waals surface area (Å²) in [5, 5.41) is 21.5. The van der Waals surface area contributed by atoms with Crippen LogP contribution in [-0.2, 0) is 0 Å². The SMILES string of the molecule is Cc1ccc(N)c(NC(=O)c2cc(O)cc(O)c2)c1C. The predicted octanol–water partition coefficient (Wildman–Crippen LogP) is 2.55. The van der Waals surface area contributed by atoms with Gasteiger partial charge in [0.25, 0.3) is 5.91 Å². The monoisotopic (exact) mass is 272 g/mol. The molecule has 20 heavy (non-hydrogen) atoms. The van der Waals surface area contributed by atoms with Crippen LogP contribution in [0, 0.1) is 13.8 Å². The van der Waals surface area contributed by atoms with Crippen molar-refractivity contribution in [3.05, 3.63) is 47.0 Å². The molecule has 5 nitrogen and oxygen atoms in total. The van der Waals surface area contributed by atoms with Gasteiger partial charge in [-0.1, -0.05) is 6.07 Å². The molecular weight excluding hydrogens is 256 g/mol. The largest absolute Gasteiger partial charge is 0.508 e. The van der Waals surface area contributed by atoms with Crippen LogP contribution in [0.15, 0.2) is 30.3 Å². The van der Waals surface area contributed by atoms with E-state index < -0.39 is 5.91 Å². The van der Waals surface area contributed by atoms with Gasteiger partial charge in [-0.3, -0.25) is 4.79 Å². The van der Waals surface area contributed by atoms with E-state index in [9.17, 15) is 15.0 Å². The highest BCUT2D eigenvalue weighted by Crippen LogP contribution is 2.27. The first-order chi connectivity index (χ1) is 9.38. The highest BCUT2D eigenvalue weighted by molar-refractivity contribution is 6.06. The molecule has 1 amide bonds. The summed E-state index contributed by atoms with van der Waals surface area (Å²) in [6.07, 6.45) is 0. The molecule has 0 aliphatic rings. The van der Waals surface area contributed by atoms with Gasteiger partial charge in [0.15, 0.2) is 0 Å². The summed E-state index contributed by atoms with van der Waals surface area (Å²) in [6, 6.07) is 7.30. The maximum atomic E-state index is 12.1. The molecule has 0 saturated heterocycles. The van der Waals surface area contributed by atoms with Crippen LogP contribution in [0.1, 0.15) is 21.5 Å². The van der Waals surface area contributed by atoms with E-state index in [4.69, 9.17) is 5.73 Å². The average molecular weight is 272 g/mol. The second kappa shape index (κ2) is 5.13. The topological polar surface area (TPSA) is 95.6 Å². The molecule has 2 aromatic carbocycles. The molecule has 2 rings (SSSR count). The fourth-order valence-electron chi connectivity index (χ4n) is 1.91. The van der Waals surface area contributed by atoms with Crippen LogP contribution in [0.2, 0.25) is 0 Å². The van der Waals surface area contributed by atoms with Crippen LogP contribution >= 0.6 is 0 Å². The summed E-state index contributed by atoms with van der Waals surface area (Å²) in [6.45, 7) is 3.78.